The van der Waals surface area contributed by atoms with Gasteiger partial charge in [0.25, 0.3) is 0 Å². The van der Waals surface area contributed by atoms with E-state index in [1.807, 2.05) is 0 Å². The number of carboxylic acid groups (broad SMARTS) is 1. The molecule has 1 aliphatic rings. The number of carboxylic acids is 1. The number of rotatable bonds is 6. The SMILES string of the molecule is CC1CCCCC1NC(=O)NC(=O)CN(C)CCC(=O)O.Cl. The molecule has 2 atom stereocenters. The van der Waals surface area contributed by atoms with Crippen molar-refractivity contribution in [2.45, 2.75) is 45.1 Å². The lowest BCUT2D eigenvalue weighted by Gasteiger charge is -2.29. The van der Waals surface area contributed by atoms with Gasteiger partial charge in [0.15, 0.2) is 0 Å². The molecule has 0 aliphatic heterocycles. The topological polar surface area (TPSA) is 98.7 Å². The van der Waals surface area contributed by atoms with Crippen LogP contribution in [0, 0.1) is 5.92 Å². The van der Waals surface area contributed by atoms with Crippen LogP contribution in [0.1, 0.15) is 39.0 Å². The Balaban J connectivity index is 0.00000441. The third kappa shape index (κ3) is 8.19. The predicted molar refractivity (Wildman–Crippen MR) is 85.1 cm³/mol. The average molecular weight is 336 g/mol. The van der Waals surface area contributed by atoms with E-state index < -0.39 is 17.9 Å². The molecule has 1 aliphatic carbocycles. The van der Waals surface area contributed by atoms with Gasteiger partial charge in [-0.15, -0.1) is 12.4 Å². The van der Waals surface area contributed by atoms with E-state index in [2.05, 4.69) is 17.6 Å². The highest BCUT2D eigenvalue weighted by molar-refractivity contribution is 5.95. The summed E-state index contributed by atoms with van der Waals surface area (Å²) in [5.41, 5.74) is 0. The molecule has 8 heteroatoms. The van der Waals surface area contributed by atoms with Crippen LogP contribution >= 0.6 is 12.4 Å². The van der Waals surface area contributed by atoms with Crippen LogP contribution in [0.15, 0.2) is 0 Å². The number of carbonyl (C=O) groups excluding carboxylic acids is 2. The largest absolute Gasteiger partial charge is 0.481 e. The van der Waals surface area contributed by atoms with Gasteiger partial charge in [-0.25, -0.2) is 4.79 Å². The Morgan fingerprint density at radius 2 is 1.86 bits per heavy atom. The minimum absolute atomic E-state index is 0. The third-order valence-electron chi connectivity index (χ3n) is 3.80. The molecule has 3 amide bonds. The van der Waals surface area contributed by atoms with E-state index in [1.165, 1.54) is 6.42 Å². The zero-order valence-corrected chi connectivity index (χ0v) is 13.9. The maximum Gasteiger partial charge on any atom is 0.321 e. The molecule has 1 fully saturated rings. The number of nitrogens with one attached hydrogen (secondary N) is 2. The molecule has 2 unspecified atom stereocenters. The molecule has 7 nitrogen and oxygen atoms in total. The fourth-order valence-corrected chi connectivity index (χ4v) is 2.51. The van der Waals surface area contributed by atoms with Crippen molar-refractivity contribution < 1.29 is 19.5 Å². The quantitative estimate of drug-likeness (QED) is 0.678. The number of likely N-dealkylation sites (N-methyl/N-ethyl adjacent to an activating group) is 1. The number of halogens is 1. The second-order valence-electron chi connectivity index (χ2n) is 5.77. The number of aliphatic carboxylic acids is 1. The predicted octanol–water partition coefficient (Wildman–Crippen LogP) is 1.22. The van der Waals surface area contributed by atoms with Gasteiger partial charge in [0.1, 0.15) is 0 Å². The number of carbonyl (C=O) groups is 3. The van der Waals surface area contributed by atoms with Crippen molar-refractivity contribution >= 4 is 30.3 Å². The Kier molecular flexibility index (Phi) is 9.76. The van der Waals surface area contributed by atoms with Crippen LogP contribution < -0.4 is 10.6 Å². The fourth-order valence-electron chi connectivity index (χ4n) is 2.51. The summed E-state index contributed by atoms with van der Waals surface area (Å²) in [4.78, 5) is 35.4. The maximum atomic E-state index is 11.8. The molecule has 0 spiro atoms. The van der Waals surface area contributed by atoms with Gasteiger partial charge >= 0.3 is 12.0 Å². The van der Waals surface area contributed by atoms with Gasteiger partial charge in [0, 0.05) is 12.6 Å². The lowest BCUT2D eigenvalue weighted by atomic mass is 9.86. The van der Waals surface area contributed by atoms with Crippen molar-refractivity contribution in [3.63, 3.8) is 0 Å². The average Bonchev–Trinajstić information content (AvgIpc) is 2.38. The summed E-state index contributed by atoms with van der Waals surface area (Å²) >= 11 is 0. The van der Waals surface area contributed by atoms with Gasteiger partial charge in [0.2, 0.25) is 5.91 Å². The highest BCUT2D eigenvalue weighted by Gasteiger charge is 2.23. The number of urea groups is 1. The molecule has 0 heterocycles. The zero-order chi connectivity index (χ0) is 15.8. The van der Waals surface area contributed by atoms with Crippen LogP contribution in [0.3, 0.4) is 0 Å². The van der Waals surface area contributed by atoms with Crippen molar-refractivity contribution in [1.29, 1.82) is 0 Å². The van der Waals surface area contributed by atoms with E-state index in [4.69, 9.17) is 5.11 Å². The van der Waals surface area contributed by atoms with Crippen LogP contribution in [0.5, 0.6) is 0 Å². The van der Waals surface area contributed by atoms with Crippen LogP contribution in [0.2, 0.25) is 0 Å². The van der Waals surface area contributed by atoms with Gasteiger partial charge in [-0.05, 0) is 25.8 Å². The van der Waals surface area contributed by atoms with Gasteiger partial charge in [-0.3, -0.25) is 19.8 Å². The Hall–Kier alpha value is -1.34. The normalized spacial score (nSPS) is 20.9. The molecule has 22 heavy (non-hydrogen) atoms. The highest BCUT2D eigenvalue weighted by atomic mass is 35.5. The highest BCUT2D eigenvalue weighted by Crippen LogP contribution is 2.23. The molecule has 0 bridgehead atoms. The lowest BCUT2D eigenvalue weighted by Crippen LogP contribution is -2.49. The Morgan fingerprint density at radius 1 is 1.23 bits per heavy atom. The van der Waals surface area contributed by atoms with Crippen molar-refractivity contribution in [2.75, 3.05) is 20.1 Å². The molecular formula is C14H26ClN3O4. The smallest absolute Gasteiger partial charge is 0.321 e. The standard InChI is InChI=1S/C14H25N3O4.ClH/c1-10-5-3-4-6-11(10)15-14(21)16-12(18)9-17(2)8-7-13(19)20;/h10-11H,3-9H2,1-2H3,(H,19,20)(H2,15,16,18,21);1H. The number of hydrogen-bond donors (Lipinski definition) is 3. The lowest BCUT2D eigenvalue weighted by molar-refractivity contribution is -0.137. The second kappa shape index (κ2) is 10.4. The van der Waals surface area contributed by atoms with E-state index in [1.54, 1.807) is 11.9 Å². The minimum Gasteiger partial charge on any atom is -0.481 e. The minimum atomic E-state index is -0.911. The first-order chi connectivity index (χ1) is 9.88. The van der Waals surface area contributed by atoms with Crippen molar-refractivity contribution in [1.82, 2.24) is 15.5 Å². The van der Waals surface area contributed by atoms with Gasteiger partial charge in [0.05, 0.1) is 13.0 Å². The van der Waals surface area contributed by atoms with E-state index in [-0.39, 0.29) is 38.0 Å². The zero-order valence-electron chi connectivity index (χ0n) is 13.1. The van der Waals surface area contributed by atoms with Crippen LogP contribution in [-0.2, 0) is 9.59 Å². The van der Waals surface area contributed by atoms with Gasteiger partial charge in [-0.2, -0.15) is 0 Å². The van der Waals surface area contributed by atoms with Crippen molar-refractivity contribution in [3.05, 3.63) is 0 Å². The number of nitrogens with zero attached hydrogens (tertiary/aromatic N) is 1. The van der Waals surface area contributed by atoms with E-state index >= 15 is 0 Å². The van der Waals surface area contributed by atoms with Gasteiger partial charge in [-0.1, -0.05) is 19.8 Å². The van der Waals surface area contributed by atoms with Gasteiger partial charge < -0.3 is 10.4 Å². The summed E-state index contributed by atoms with van der Waals surface area (Å²) in [6.07, 6.45) is 4.29. The first-order valence-electron chi connectivity index (χ1n) is 7.39. The third-order valence-corrected chi connectivity index (χ3v) is 3.80. The number of hydrogen-bond acceptors (Lipinski definition) is 4. The first-order valence-corrected chi connectivity index (χ1v) is 7.39. The van der Waals surface area contributed by atoms with E-state index in [9.17, 15) is 14.4 Å². The molecule has 1 saturated carbocycles. The van der Waals surface area contributed by atoms with E-state index in [0.29, 0.717) is 5.92 Å². The monoisotopic (exact) mass is 335 g/mol. The molecule has 0 aromatic rings. The molecule has 0 saturated heterocycles. The number of amides is 3. The summed E-state index contributed by atoms with van der Waals surface area (Å²) in [6.45, 7) is 2.37. The summed E-state index contributed by atoms with van der Waals surface area (Å²) < 4.78 is 0. The molecule has 0 aromatic heterocycles. The molecule has 1 rings (SSSR count). The Bertz CT molecular complexity index is 392. The molecule has 128 valence electrons. The first kappa shape index (κ1) is 20.7. The van der Waals surface area contributed by atoms with Crippen LogP contribution in [0.4, 0.5) is 4.79 Å². The summed E-state index contributed by atoms with van der Waals surface area (Å²) in [5, 5.41) is 13.7. The Morgan fingerprint density at radius 3 is 2.45 bits per heavy atom. The van der Waals surface area contributed by atoms with Crippen LogP contribution in [-0.4, -0.2) is 54.1 Å². The summed E-state index contributed by atoms with van der Waals surface area (Å²) in [5.74, 6) is -0.909. The van der Waals surface area contributed by atoms with Crippen molar-refractivity contribution in [3.8, 4) is 0 Å². The molecule has 0 aromatic carbocycles. The second-order valence-corrected chi connectivity index (χ2v) is 5.77. The summed E-state index contributed by atoms with van der Waals surface area (Å²) in [6, 6.07) is -0.346. The fraction of sp³-hybridized carbons (Fsp3) is 0.786. The number of imide groups is 1. The van der Waals surface area contributed by atoms with Crippen LogP contribution in [0.25, 0.3) is 0 Å². The molecular weight excluding hydrogens is 310 g/mol. The van der Waals surface area contributed by atoms with Crippen molar-refractivity contribution in [2.24, 2.45) is 5.92 Å². The maximum absolute atomic E-state index is 11.8. The Labute approximate surface area is 137 Å². The summed E-state index contributed by atoms with van der Waals surface area (Å²) in [7, 11) is 1.64. The molecule has 3 N–H and O–H groups in total. The molecule has 0 radical (unpaired) electrons. The van der Waals surface area contributed by atoms with E-state index in [0.717, 1.165) is 19.3 Å².